The quantitative estimate of drug-likeness (QED) is 0.793. The third-order valence-electron chi connectivity index (χ3n) is 4.65. The fraction of sp³-hybridized carbons (Fsp3) is 0.500. The lowest BCUT2D eigenvalue weighted by atomic mass is 10.1. The van der Waals surface area contributed by atoms with Gasteiger partial charge in [0.15, 0.2) is 0 Å². The van der Waals surface area contributed by atoms with E-state index in [-0.39, 0.29) is 5.91 Å². The minimum Gasteiger partial charge on any atom is -0.335 e. The molecule has 1 aliphatic rings. The van der Waals surface area contributed by atoms with Crippen molar-refractivity contribution in [2.24, 2.45) is 5.92 Å². The van der Waals surface area contributed by atoms with Gasteiger partial charge in [0, 0.05) is 38.0 Å². The Balaban J connectivity index is 1.52. The van der Waals surface area contributed by atoms with Crippen LogP contribution in [0.2, 0.25) is 0 Å². The van der Waals surface area contributed by atoms with Crippen LogP contribution in [-0.4, -0.2) is 53.4 Å². The highest BCUT2D eigenvalue weighted by Crippen LogP contribution is 2.17. The van der Waals surface area contributed by atoms with Crippen molar-refractivity contribution in [1.82, 2.24) is 14.8 Å². The van der Waals surface area contributed by atoms with E-state index in [0.29, 0.717) is 5.69 Å². The van der Waals surface area contributed by atoms with Gasteiger partial charge >= 0.3 is 0 Å². The van der Waals surface area contributed by atoms with Gasteiger partial charge in [-0.15, -0.1) is 11.3 Å². The molecule has 2 heterocycles. The third-order valence-corrected chi connectivity index (χ3v) is 5.50. The summed E-state index contributed by atoms with van der Waals surface area (Å²) in [6, 6.07) is 10.3. The van der Waals surface area contributed by atoms with Gasteiger partial charge in [-0.05, 0) is 24.4 Å². The molecule has 3 rings (SSSR count). The number of aromatic nitrogens is 1. The standard InChI is InChI=1S/C20H27N3OS/c1-16(2)8-9-22-10-12-23(13-11-22)20(24)18-15-25-19(21-18)14-17-6-4-3-5-7-17/h3-7,15-16H,8-14H2,1-2H3. The summed E-state index contributed by atoms with van der Waals surface area (Å²) >= 11 is 1.58. The average Bonchev–Trinajstić information content (AvgIpc) is 3.09. The van der Waals surface area contributed by atoms with Gasteiger partial charge < -0.3 is 4.90 Å². The Morgan fingerprint density at radius 2 is 1.88 bits per heavy atom. The van der Waals surface area contributed by atoms with Gasteiger partial charge in [-0.25, -0.2) is 4.98 Å². The Morgan fingerprint density at radius 1 is 1.16 bits per heavy atom. The number of carbonyl (C=O) groups excluding carboxylic acids is 1. The molecule has 0 N–H and O–H groups in total. The fourth-order valence-corrected chi connectivity index (χ4v) is 3.84. The van der Waals surface area contributed by atoms with E-state index in [2.05, 4.69) is 35.9 Å². The Labute approximate surface area is 154 Å². The van der Waals surface area contributed by atoms with Crippen LogP contribution in [0, 0.1) is 5.92 Å². The molecular weight excluding hydrogens is 330 g/mol. The van der Waals surface area contributed by atoms with Crippen LogP contribution in [0.4, 0.5) is 0 Å². The first-order chi connectivity index (χ1) is 12.1. The van der Waals surface area contributed by atoms with Crippen LogP contribution in [0.3, 0.4) is 0 Å². The summed E-state index contributed by atoms with van der Waals surface area (Å²) < 4.78 is 0. The molecule has 4 nitrogen and oxygen atoms in total. The highest BCUT2D eigenvalue weighted by atomic mass is 32.1. The molecule has 1 aromatic carbocycles. The molecule has 0 atom stereocenters. The second-order valence-corrected chi connectivity index (χ2v) is 8.05. The van der Waals surface area contributed by atoms with Gasteiger partial charge in [0.1, 0.15) is 5.69 Å². The van der Waals surface area contributed by atoms with E-state index in [1.165, 1.54) is 12.0 Å². The molecule has 1 fully saturated rings. The minimum absolute atomic E-state index is 0.0825. The first-order valence-corrected chi connectivity index (χ1v) is 9.99. The third kappa shape index (κ3) is 5.13. The summed E-state index contributed by atoms with van der Waals surface area (Å²) in [6.45, 7) is 9.21. The van der Waals surface area contributed by atoms with Gasteiger partial charge in [-0.2, -0.15) is 0 Å². The van der Waals surface area contributed by atoms with E-state index in [9.17, 15) is 4.79 Å². The first kappa shape index (κ1) is 18.1. The molecule has 2 aromatic rings. The van der Waals surface area contributed by atoms with Crippen LogP contribution in [0.25, 0.3) is 0 Å². The van der Waals surface area contributed by atoms with Crippen molar-refractivity contribution < 1.29 is 4.79 Å². The van der Waals surface area contributed by atoms with Crippen molar-refractivity contribution in [3.8, 4) is 0 Å². The van der Waals surface area contributed by atoms with Crippen molar-refractivity contribution in [1.29, 1.82) is 0 Å². The van der Waals surface area contributed by atoms with E-state index in [1.807, 2.05) is 28.5 Å². The van der Waals surface area contributed by atoms with Crippen LogP contribution in [0.5, 0.6) is 0 Å². The lowest BCUT2D eigenvalue weighted by Gasteiger charge is -2.34. The molecule has 25 heavy (non-hydrogen) atoms. The van der Waals surface area contributed by atoms with E-state index in [0.717, 1.165) is 50.1 Å². The predicted octanol–water partition coefficient (Wildman–Crippen LogP) is 3.54. The van der Waals surface area contributed by atoms with Gasteiger partial charge in [-0.1, -0.05) is 44.2 Å². The van der Waals surface area contributed by atoms with Crippen molar-refractivity contribution >= 4 is 17.2 Å². The molecule has 134 valence electrons. The van der Waals surface area contributed by atoms with Gasteiger partial charge in [0.25, 0.3) is 5.91 Å². The Hall–Kier alpha value is -1.72. The highest BCUT2D eigenvalue weighted by molar-refractivity contribution is 7.09. The lowest BCUT2D eigenvalue weighted by Crippen LogP contribution is -2.49. The zero-order valence-corrected chi connectivity index (χ0v) is 16.0. The zero-order valence-electron chi connectivity index (χ0n) is 15.1. The molecule has 0 radical (unpaired) electrons. The average molecular weight is 358 g/mol. The van der Waals surface area contributed by atoms with E-state index >= 15 is 0 Å². The smallest absolute Gasteiger partial charge is 0.273 e. The number of amides is 1. The fourth-order valence-electron chi connectivity index (χ4n) is 3.04. The van der Waals surface area contributed by atoms with Crippen LogP contribution in [0.1, 0.15) is 41.3 Å². The maximum Gasteiger partial charge on any atom is 0.273 e. The summed E-state index contributed by atoms with van der Waals surface area (Å²) in [6.07, 6.45) is 2.02. The number of nitrogens with zero attached hydrogens (tertiary/aromatic N) is 3. The number of carbonyl (C=O) groups is 1. The lowest BCUT2D eigenvalue weighted by molar-refractivity contribution is 0.0626. The number of thiazole rings is 1. The minimum atomic E-state index is 0.0825. The molecule has 1 saturated heterocycles. The summed E-state index contributed by atoms with van der Waals surface area (Å²) in [7, 11) is 0. The van der Waals surface area contributed by atoms with Gasteiger partial charge in [0.05, 0.1) is 5.01 Å². The van der Waals surface area contributed by atoms with E-state index < -0.39 is 0 Å². The molecule has 0 saturated carbocycles. The van der Waals surface area contributed by atoms with Crippen LogP contribution < -0.4 is 0 Å². The highest BCUT2D eigenvalue weighted by Gasteiger charge is 2.23. The summed E-state index contributed by atoms with van der Waals surface area (Å²) in [4.78, 5) is 21.7. The molecule has 1 aromatic heterocycles. The molecule has 0 aliphatic carbocycles. The van der Waals surface area contributed by atoms with Gasteiger partial charge in [-0.3, -0.25) is 9.69 Å². The summed E-state index contributed by atoms with van der Waals surface area (Å²) in [5.41, 5.74) is 1.83. The molecule has 1 amide bonds. The SMILES string of the molecule is CC(C)CCN1CCN(C(=O)c2csc(Cc3ccccc3)n2)CC1. The number of piperazine rings is 1. The van der Waals surface area contributed by atoms with E-state index in [1.54, 1.807) is 11.3 Å². The molecule has 1 aliphatic heterocycles. The predicted molar refractivity (Wildman–Crippen MR) is 103 cm³/mol. The van der Waals surface area contributed by atoms with Crippen LogP contribution in [0.15, 0.2) is 35.7 Å². The topological polar surface area (TPSA) is 36.4 Å². The van der Waals surface area contributed by atoms with Crippen LogP contribution >= 0.6 is 11.3 Å². The van der Waals surface area contributed by atoms with Gasteiger partial charge in [0.2, 0.25) is 0 Å². The number of hydrogen-bond acceptors (Lipinski definition) is 4. The number of rotatable bonds is 6. The van der Waals surface area contributed by atoms with Crippen molar-refractivity contribution in [3.05, 3.63) is 52.0 Å². The maximum atomic E-state index is 12.7. The molecule has 0 bridgehead atoms. The molecule has 0 spiro atoms. The molecule has 0 unspecified atom stereocenters. The largest absolute Gasteiger partial charge is 0.335 e. The normalized spacial score (nSPS) is 15.7. The second-order valence-electron chi connectivity index (χ2n) is 7.11. The van der Waals surface area contributed by atoms with Crippen molar-refractivity contribution in [2.75, 3.05) is 32.7 Å². The van der Waals surface area contributed by atoms with E-state index in [4.69, 9.17) is 0 Å². The van der Waals surface area contributed by atoms with Crippen molar-refractivity contribution in [3.63, 3.8) is 0 Å². The second kappa shape index (κ2) is 8.59. The van der Waals surface area contributed by atoms with Crippen molar-refractivity contribution in [2.45, 2.75) is 26.7 Å². The molecule has 5 heteroatoms. The Morgan fingerprint density at radius 3 is 2.56 bits per heavy atom. The Bertz CT molecular complexity index is 675. The number of benzene rings is 1. The number of hydrogen-bond donors (Lipinski definition) is 0. The first-order valence-electron chi connectivity index (χ1n) is 9.12. The Kier molecular flexibility index (Phi) is 6.21. The summed E-state index contributed by atoms with van der Waals surface area (Å²) in [5.74, 6) is 0.816. The summed E-state index contributed by atoms with van der Waals surface area (Å²) in [5, 5.41) is 2.91. The molecular formula is C20H27N3OS. The monoisotopic (exact) mass is 357 g/mol. The zero-order chi connectivity index (χ0) is 17.6. The van der Waals surface area contributed by atoms with Crippen LogP contribution in [-0.2, 0) is 6.42 Å². The maximum absolute atomic E-state index is 12.7.